The molecule has 5 nitrogen and oxygen atoms in total. The van der Waals surface area contributed by atoms with Crippen LogP contribution in [-0.2, 0) is 4.84 Å². The van der Waals surface area contributed by atoms with Gasteiger partial charge in [0.05, 0.1) is 28.1 Å². The summed E-state index contributed by atoms with van der Waals surface area (Å²) in [5, 5.41) is 12.4. The Morgan fingerprint density at radius 3 is 2.70 bits per heavy atom. The summed E-state index contributed by atoms with van der Waals surface area (Å²) in [5.74, 6) is -3.36. The van der Waals surface area contributed by atoms with Crippen LogP contribution in [0.4, 0.5) is 20.2 Å². The van der Waals surface area contributed by atoms with Crippen molar-refractivity contribution in [3.8, 4) is 0 Å². The third-order valence-electron chi connectivity index (χ3n) is 3.53. The molecule has 2 aromatic rings. The Hall–Kier alpha value is -1.20. The summed E-state index contributed by atoms with van der Waals surface area (Å²) in [6.07, 6.45) is -0.436. The molecule has 2 aromatic carbocycles. The minimum Gasteiger partial charge on any atom is -0.391 e. The highest BCUT2D eigenvalue weighted by Crippen LogP contribution is 2.32. The van der Waals surface area contributed by atoms with E-state index in [4.69, 9.17) is 28.2 Å². The van der Waals surface area contributed by atoms with E-state index in [9.17, 15) is 18.7 Å². The van der Waals surface area contributed by atoms with Crippen molar-refractivity contribution in [1.29, 1.82) is 0 Å². The molecular formula is C17H15Cl2F2IN2O3. The predicted molar refractivity (Wildman–Crippen MR) is 108 cm³/mol. The van der Waals surface area contributed by atoms with Gasteiger partial charge in [0, 0.05) is 15.3 Å². The van der Waals surface area contributed by atoms with E-state index in [1.807, 2.05) is 22.6 Å². The quantitative estimate of drug-likeness (QED) is 0.291. The summed E-state index contributed by atoms with van der Waals surface area (Å²) in [5.41, 5.74) is -0.433. The monoisotopic (exact) mass is 530 g/mol. The van der Waals surface area contributed by atoms with Crippen LogP contribution in [0.3, 0.4) is 0 Å². The smallest absolute Gasteiger partial charge is 0.295 e. The van der Waals surface area contributed by atoms with Crippen LogP contribution in [0.25, 0.3) is 0 Å². The van der Waals surface area contributed by atoms with Crippen LogP contribution in [0.1, 0.15) is 23.7 Å². The molecule has 1 unspecified atom stereocenters. The van der Waals surface area contributed by atoms with E-state index in [-0.39, 0.29) is 22.9 Å². The van der Waals surface area contributed by atoms with Gasteiger partial charge in [-0.15, -0.1) is 4.58 Å². The first-order valence-electron chi connectivity index (χ1n) is 7.75. The van der Waals surface area contributed by atoms with E-state index < -0.39 is 29.3 Å². The highest BCUT2D eigenvalue weighted by molar-refractivity contribution is 14.1. The van der Waals surface area contributed by atoms with Crippen LogP contribution >= 0.6 is 46.0 Å². The lowest BCUT2D eigenvalue weighted by Gasteiger charge is -2.18. The average molecular weight is 531 g/mol. The van der Waals surface area contributed by atoms with Gasteiger partial charge in [0.1, 0.15) is 6.61 Å². The molecule has 0 heterocycles. The van der Waals surface area contributed by atoms with Gasteiger partial charge in [0.15, 0.2) is 11.6 Å². The lowest BCUT2D eigenvalue weighted by atomic mass is 10.1. The summed E-state index contributed by atoms with van der Waals surface area (Å²) >= 11 is 13.9. The normalized spacial score (nSPS) is 12.0. The van der Waals surface area contributed by atoms with Crippen molar-refractivity contribution in [3.63, 3.8) is 0 Å². The van der Waals surface area contributed by atoms with Crippen LogP contribution in [-0.4, -0.2) is 28.3 Å². The van der Waals surface area contributed by atoms with Crippen molar-refractivity contribution in [2.24, 2.45) is 0 Å². The fraction of sp³-hybridized carbons (Fsp3) is 0.235. The van der Waals surface area contributed by atoms with Crippen molar-refractivity contribution in [3.05, 3.63) is 56.1 Å². The molecule has 0 spiro atoms. The maximum atomic E-state index is 14.4. The molecule has 27 heavy (non-hydrogen) atoms. The van der Waals surface area contributed by atoms with Gasteiger partial charge >= 0.3 is 0 Å². The molecule has 146 valence electrons. The van der Waals surface area contributed by atoms with Crippen LogP contribution in [0.2, 0.25) is 5.02 Å². The van der Waals surface area contributed by atoms with E-state index in [1.54, 1.807) is 25.1 Å². The molecule has 2 rings (SSSR count). The minimum atomic E-state index is -1.27. The number of nitrogens with one attached hydrogen (secondary N) is 1. The molecule has 1 amide bonds. The second-order valence-corrected chi connectivity index (χ2v) is 7.40. The zero-order valence-corrected chi connectivity index (χ0v) is 17.6. The van der Waals surface area contributed by atoms with Gasteiger partial charge in [-0.2, -0.15) is 0 Å². The highest BCUT2D eigenvalue weighted by atomic mass is 127. The number of rotatable bonds is 7. The maximum Gasteiger partial charge on any atom is 0.295 e. The van der Waals surface area contributed by atoms with Crippen LogP contribution in [0.5, 0.6) is 0 Å². The fourth-order valence-electron chi connectivity index (χ4n) is 2.00. The number of hydrogen-bond acceptors (Lipinski definition) is 4. The maximum absolute atomic E-state index is 14.4. The molecular weight excluding hydrogens is 516 g/mol. The van der Waals surface area contributed by atoms with E-state index in [0.717, 1.165) is 15.7 Å². The summed E-state index contributed by atoms with van der Waals surface area (Å²) in [4.78, 5) is 17.4. The molecule has 10 heteroatoms. The number of carbonyl (C=O) groups is 1. The summed E-state index contributed by atoms with van der Waals surface area (Å²) in [6.45, 7) is 1.48. The van der Waals surface area contributed by atoms with Gasteiger partial charge < -0.3 is 10.4 Å². The largest absolute Gasteiger partial charge is 0.391 e. The van der Waals surface area contributed by atoms with Gasteiger partial charge in [0.2, 0.25) is 0 Å². The van der Waals surface area contributed by atoms with Crippen LogP contribution in [0, 0.1) is 15.2 Å². The number of amides is 1. The molecule has 0 radical (unpaired) electrons. The zero-order chi connectivity index (χ0) is 20.1. The van der Waals surface area contributed by atoms with Crippen molar-refractivity contribution in [1.82, 2.24) is 4.58 Å². The number of carbonyl (C=O) groups excluding carboxylic acids is 1. The molecule has 2 N–H and O–H groups in total. The number of hydroxylamine groups is 1. The first-order valence-corrected chi connectivity index (χ1v) is 9.55. The third-order valence-corrected chi connectivity index (χ3v) is 4.76. The third kappa shape index (κ3) is 5.64. The van der Waals surface area contributed by atoms with E-state index in [0.29, 0.717) is 11.0 Å². The summed E-state index contributed by atoms with van der Waals surface area (Å²) < 4.78 is 29.3. The fourth-order valence-corrected chi connectivity index (χ4v) is 3.05. The minimum absolute atomic E-state index is 0.235. The van der Waals surface area contributed by atoms with Crippen molar-refractivity contribution < 1.29 is 23.5 Å². The number of nitrogens with zero attached hydrogens (tertiary/aromatic N) is 1. The first-order chi connectivity index (χ1) is 12.7. The van der Waals surface area contributed by atoms with E-state index >= 15 is 0 Å². The Labute approximate surface area is 178 Å². The predicted octanol–water partition coefficient (Wildman–Crippen LogP) is 5.26. The lowest BCUT2D eigenvalue weighted by molar-refractivity contribution is -0.0903. The Morgan fingerprint density at radius 1 is 1.37 bits per heavy atom. The van der Waals surface area contributed by atoms with Gasteiger partial charge in [0.25, 0.3) is 5.91 Å². The van der Waals surface area contributed by atoms with Crippen LogP contribution < -0.4 is 5.32 Å². The Bertz CT molecular complexity index is 842. The van der Waals surface area contributed by atoms with Crippen molar-refractivity contribution in [2.45, 2.75) is 19.4 Å². The Kier molecular flexibility index (Phi) is 8.04. The van der Waals surface area contributed by atoms with Crippen molar-refractivity contribution >= 4 is 63.3 Å². The van der Waals surface area contributed by atoms with Gasteiger partial charge in [-0.25, -0.2) is 8.78 Å². The van der Waals surface area contributed by atoms with Gasteiger partial charge in [-0.3, -0.25) is 9.63 Å². The standard InChI is InChI=1S/C17H15Cl2F2IN2O3/c1-2-10(25)8-27-24(19)17(26)11-4-5-13(20)15(21)16(11)23-14-6-3-9(22)7-12(14)18/h3-7,10,23,25H,2,8H2,1H3. The zero-order valence-electron chi connectivity index (χ0n) is 14.0. The second kappa shape index (κ2) is 9.83. The summed E-state index contributed by atoms with van der Waals surface area (Å²) in [7, 11) is 0. The highest BCUT2D eigenvalue weighted by Gasteiger charge is 2.24. The SMILES string of the molecule is CCC(O)CON(Cl)C(=O)c1ccc(F)c(F)c1Nc1ccc(I)cc1Cl. The first kappa shape index (κ1) is 22.1. The van der Waals surface area contributed by atoms with Crippen molar-refractivity contribution in [2.75, 3.05) is 11.9 Å². The van der Waals surface area contributed by atoms with Crippen LogP contribution in [0.15, 0.2) is 30.3 Å². The Balaban J connectivity index is 2.34. The molecule has 0 saturated carbocycles. The molecule has 0 aromatic heterocycles. The molecule has 0 aliphatic heterocycles. The van der Waals surface area contributed by atoms with Gasteiger partial charge in [-0.1, -0.05) is 18.5 Å². The lowest BCUT2D eigenvalue weighted by Crippen LogP contribution is -2.27. The molecule has 1 atom stereocenters. The summed E-state index contributed by atoms with van der Waals surface area (Å²) in [6, 6.07) is 6.76. The topological polar surface area (TPSA) is 61.8 Å². The number of benzene rings is 2. The number of halogens is 5. The number of aliphatic hydroxyl groups is 1. The number of anilines is 2. The molecule has 0 fully saturated rings. The molecule has 0 aliphatic rings. The number of aliphatic hydroxyl groups excluding tert-OH is 1. The molecule has 0 saturated heterocycles. The van der Waals surface area contributed by atoms with Gasteiger partial charge in [-0.05, 0) is 59.3 Å². The average Bonchev–Trinajstić information content (AvgIpc) is 2.64. The molecule has 0 aliphatic carbocycles. The second-order valence-electron chi connectivity index (χ2n) is 5.44. The molecule has 0 bridgehead atoms. The van der Waals surface area contributed by atoms with E-state index in [1.165, 1.54) is 0 Å². The Morgan fingerprint density at radius 2 is 2.07 bits per heavy atom. The van der Waals surface area contributed by atoms with E-state index in [2.05, 4.69) is 5.32 Å². The number of hydrogen-bond donors (Lipinski definition) is 2.